The third-order valence-corrected chi connectivity index (χ3v) is 3.47. The Hall–Kier alpha value is -2.24. The first-order chi connectivity index (χ1) is 9.56. The topological polar surface area (TPSA) is 55.1 Å². The second-order valence-electron chi connectivity index (χ2n) is 4.83. The van der Waals surface area contributed by atoms with E-state index in [1.165, 1.54) is 4.68 Å². The van der Waals surface area contributed by atoms with E-state index in [0.29, 0.717) is 18.4 Å². The molecule has 0 unspecified atom stereocenters. The molecule has 20 heavy (non-hydrogen) atoms. The largest absolute Gasteiger partial charge is 0.476 e. The van der Waals surface area contributed by atoms with Crippen LogP contribution in [0.3, 0.4) is 0 Å². The normalized spacial score (nSPS) is 14.1. The minimum absolute atomic E-state index is 0.0237. The molecular formula is C14H12F2N2O2. The number of carboxylic acids is 1. The molecule has 104 valence electrons. The summed E-state index contributed by atoms with van der Waals surface area (Å²) in [5.41, 5.74) is 1.60. The van der Waals surface area contributed by atoms with Crippen LogP contribution in [-0.4, -0.2) is 20.9 Å². The van der Waals surface area contributed by atoms with Crippen LogP contribution < -0.4 is 0 Å². The average molecular weight is 278 g/mol. The lowest BCUT2D eigenvalue weighted by molar-refractivity contribution is 0.0688. The van der Waals surface area contributed by atoms with Gasteiger partial charge in [0.25, 0.3) is 0 Å². The molecule has 0 amide bonds. The van der Waals surface area contributed by atoms with E-state index in [-0.39, 0.29) is 11.4 Å². The van der Waals surface area contributed by atoms with Crippen LogP contribution in [0.1, 0.15) is 34.6 Å². The lowest BCUT2D eigenvalue weighted by atomic mass is 9.95. The summed E-state index contributed by atoms with van der Waals surface area (Å²) >= 11 is 0. The van der Waals surface area contributed by atoms with Crippen molar-refractivity contribution in [2.75, 3.05) is 0 Å². The van der Waals surface area contributed by atoms with Gasteiger partial charge in [-0.15, -0.1) is 0 Å². The number of hydrogen-bond donors (Lipinski definition) is 1. The third kappa shape index (κ3) is 2.07. The molecule has 3 rings (SSSR count). The number of aromatic carboxylic acids is 1. The van der Waals surface area contributed by atoms with Crippen molar-refractivity contribution in [3.63, 3.8) is 0 Å². The first kappa shape index (κ1) is 12.8. The summed E-state index contributed by atoms with van der Waals surface area (Å²) in [5.74, 6) is -2.53. The van der Waals surface area contributed by atoms with Gasteiger partial charge in [0.1, 0.15) is 11.6 Å². The van der Waals surface area contributed by atoms with Crippen molar-refractivity contribution in [2.24, 2.45) is 0 Å². The lowest BCUT2D eigenvalue weighted by Crippen LogP contribution is -2.08. The fraction of sp³-hybridized carbons (Fsp3) is 0.286. The maximum atomic E-state index is 13.3. The number of hydrogen-bond acceptors (Lipinski definition) is 2. The third-order valence-electron chi connectivity index (χ3n) is 3.47. The van der Waals surface area contributed by atoms with E-state index in [9.17, 15) is 18.7 Å². The number of rotatable bonds is 2. The van der Waals surface area contributed by atoms with Crippen LogP contribution in [0, 0.1) is 11.6 Å². The SMILES string of the molecule is O=C(O)c1nn(-c2cc(F)cc(F)c2)c2c1CCCC2. The summed E-state index contributed by atoms with van der Waals surface area (Å²) in [6, 6.07) is 3.07. The summed E-state index contributed by atoms with van der Waals surface area (Å²) in [6.45, 7) is 0. The van der Waals surface area contributed by atoms with E-state index in [0.717, 1.165) is 36.7 Å². The van der Waals surface area contributed by atoms with Crippen LogP contribution >= 0.6 is 0 Å². The quantitative estimate of drug-likeness (QED) is 0.919. The van der Waals surface area contributed by atoms with Gasteiger partial charge < -0.3 is 5.11 Å². The highest BCUT2D eigenvalue weighted by Crippen LogP contribution is 2.27. The van der Waals surface area contributed by atoms with Crippen molar-refractivity contribution in [3.8, 4) is 5.69 Å². The highest BCUT2D eigenvalue weighted by molar-refractivity contribution is 5.87. The van der Waals surface area contributed by atoms with Gasteiger partial charge in [0.2, 0.25) is 0 Å². The Balaban J connectivity index is 2.20. The number of halogens is 2. The molecule has 1 heterocycles. The predicted octanol–water partition coefficient (Wildman–Crippen LogP) is 2.73. The van der Waals surface area contributed by atoms with Gasteiger partial charge >= 0.3 is 5.97 Å². The molecule has 0 radical (unpaired) electrons. The van der Waals surface area contributed by atoms with E-state index in [4.69, 9.17) is 0 Å². The van der Waals surface area contributed by atoms with Gasteiger partial charge in [-0.05, 0) is 37.8 Å². The zero-order valence-electron chi connectivity index (χ0n) is 10.6. The van der Waals surface area contributed by atoms with Crippen molar-refractivity contribution in [1.82, 2.24) is 9.78 Å². The Bertz CT molecular complexity index is 674. The molecule has 2 aromatic rings. The Kier molecular flexibility index (Phi) is 3.00. The Morgan fingerprint density at radius 2 is 1.80 bits per heavy atom. The first-order valence-corrected chi connectivity index (χ1v) is 6.37. The highest BCUT2D eigenvalue weighted by atomic mass is 19.1. The zero-order chi connectivity index (χ0) is 14.3. The Morgan fingerprint density at radius 1 is 1.15 bits per heavy atom. The molecule has 1 N–H and O–H groups in total. The molecule has 1 aromatic carbocycles. The van der Waals surface area contributed by atoms with Crippen molar-refractivity contribution in [3.05, 3.63) is 46.8 Å². The summed E-state index contributed by atoms with van der Waals surface area (Å²) in [5, 5.41) is 13.2. The van der Waals surface area contributed by atoms with Gasteiger partial charge in [0, 0.05) is 17.3 Å². The molecule has 0 spiro atoms. The molecule has 6 heteroatoms. The fourth-order valence-corrected chi connectivity index (χ4v) is 2.65. The first-order valence-electron chi connectivity index (χ1n) is 6.37. The zero-order valence-corrected chi connectivity index (χ0v) is 10.6. The molecule has 0 bridgehead atoms. The summed E-state index contributed by atoms with van der Waals surface area (Å²) in [4.78, 5) is 11.2. The van der Waals surface area contributed by atoms with E-state index in [1.807, 2.05) is 0 Å². The second kappa shape index (κ2) is 4.70. The minimum atomic E-state index is -1.11. The summed E-state index contributed by atoms with van der Waals surface area (Å²) in [7, 11) is 0. The van der Waals surface area contributed by atoms with Crippen LogP contribution in [0.2, 0.25) is 0 Å². The van der Waals surface area contributed by atoms with Gasteiger partial charge in [-0.2, -0.15) is 5.10 Å². The molecule has 0 atom stereocenters. The Morgan fingerprint density at radius 3 is 2.45 bits per heavy atom. The standard InChI is InChI=1S/C14H12F2N2O2/c15-8-5-9(16)7-10(6-8)18-12-4-2-1-3-11(12)13(17-18)14(19)20/h5-7H,1-4H2,(H,19,20). The lowest BCUT2D eigenvalue weighted by Gasteiger charge is -2.14. The summed E-state index contributed by atoms with van der Waals surface area (Å²) in [6.07, 6.45) is 3.11. The van der Waals surface area contributed by atoms with E-state index in [1.54, 1.807) is 0 Å². The predicted molar refractivity (Wildman–Crippen MR) is 67.1 cm³/mol. The maximum absolute atomic E-state index is 13.3. The molecule has 1 aromatic heterocycles. The number of carbonyl (C=O) groups is 1. The van der Waals surface area contributed by atoms with Crippen LogP contribution in [0.25, 0.3) is 5.69 Å². The van der Waals surface area contributed by atoms with E-state index >= 15 is 0 Å². The molecule has 0 saturated carbocycles. The number of fused-ring (bicyclic) bond motifs is 1. The van der Waals surface area contributed by atoms with Gasteiger partial charge in [0.15, 0.2) is 5.69 Å². The molecule has 0 aliphatic heterocycles. The number of carboxylic acid groups (broad SMARTS) is 1. The smallest absolute Gasteiger partial charge is 0.356 e. The minimum Gasteiger partial charge on any atom is -0.476 e. The number of benzene rings is 1. The molecule has 0 fully saturated rings. The van der Waals surface area contributed by atoms with Gasteiger partial charge in [0.05, 0.1) is 5.69 Å². The molecule has 4 nitrogen and oxygen atoms in total. The average Bonchev–Trinajstić information content (AvgIpc) is 2.77. The van der Waals surface area contributed by atoms with Gasteiger partial charge in [-0.25, -0.2) is 18.3 Å². The Labute approximate surface area is 113 Å². The maximum Gasteiger partial charge on any atom is 0.356 e. The van der Waals surface area contributed by atoms with Crippen LogP contribution in [0.5, 0.6) is 0 Å². The molecule has 0 saturated heterocycles. The highest BCUT2D eigenvalue weighted by Gasteiger charge is 2.25. The van der Waals surface area contributed by atoms with Crippen LogP contribution in [-0.2, 0) is 12.8 Å². The van der Waals surface area contributed by atoms with Gasteiger partial charge in [-0.3, -0.25) is 0 Å². The van der Waals surface area contributed by atoms with Crippen molar-refractivity contribution >= 4 is 5.97 Å². The number of nitrogens with zero attached hydrogens (tertiary/aromatic N) is 2. The van der Waals surface area contributed by atoms with Crippen LogP contribution in [0.15, 0.2) is 18.2 Å². The summed E-state index contributed by atoms with van der Waals surface area (Å²) < 4.78 is 28.0. The molecule has 1 aliphatic rings. The van der Waals surface area contributed by atoms with E-state index < -0.39 is 17.6 Å². The van der Waals surface area contributed by atoms with Crippen molar-refractivity contribution in [2.45, 2.75) is 25.7 Å². The van der Waals surface area contributed by atoms with Crippen molar-refractivity contribution < 1.29 is 18.7 Å². The van der Waals surface area contributed by atoms with Gasteiger partial charge in [-0.1, -0.05) is 0 Å². The monoisotopic (exact) mass is 278 g/mol. The fourth-order valence-electron chi connectivity index (χ4n) is 2.65. The van der Waals surface area contributed by atoms with Crippen molar-refractivity contribution in [1.29, 1.82) is 0 Å². The molecular weight excluding hydrogens is 266 g/mol. The second-order valence-corrected chi connectivity index (χ2v) is 4.83. The number of aromatic nitrogens is 2. The molecule has 1 aliphatic carbocycles. The van der Waals surface area contributed by atoms with E-state index in [2.05, 4.69) is 5.10 Å². The van der Waals surface area contributed by atoms with Crippen LogP contribution in [0.4, 0.5) is 8.78 Å².